The molecule has 1 saturated heterocycles. The molecule has 2 aromatic carbocycles. The van der Waals surface area contributed by atoms with Crippen LogP contribution in [0.3, 0.4) is 0 Å². The topological polar surface area (TPSA) is 46.3 Å². The van der Waals surface area contributed by atoms with Crippen LogP contribution in [0.5, 0.6) is 0 Å². The first-order valence-corrected chi connectivity index (χ1v) is 8.20. The normalized spacial score (nSPS) is 19.2. The second-order valence-electron chi connectivity index (χ2n) is 6.25. The zero-order valence-corrected chi connectivity index (χ0v) is 14.4. The molecule has 0 spiro atoms. The zero-order chi connectivity index (χ0) is 15.5. The third-order valence-corrected chi connectivity index (χ3v) is 4.83. The molecule has 124 valence electrons. The Kier molecular flexibility index (Phi) is 6.03. The average molecular weight is 333 g/mol. The summed E-state index contributed by atoms with van der Waals surface area (Å²) in [6.45, 7) is 3.42. The predicted molar refractivity (Wildman–Crippen MR) is 98.0 cm³/mol. The highest BCUT2D eigenvalue weighted by atomic mass is 35.5. The Balaban J connectivity index is 0.00000192. The largest absolute Gasteiger partial charge is 0.338 e. The highest BCUT2D eigenvalue weighted by Gasteiger charge is 2.29. The van der Waals surface area contributed by atoms with E-state index in [1.165, 1.54) is 17.2 Å². The average Bonchev–Trinajstić information content (AvgIpc) is 2.60. The second kappa shape index (κ2) is 7.80. The summed E-state index contributed by atoms with van der Waals surface area (Å²) in [4.78, 5) is 14.9. The monoisotopic (exact) mass is 332 g/mol. The van der Waals surface area contributed by atoms with Crippen LogP contribution < -0.4 is 5.73 Å². The van der Waals surface area contributed by atoms with Crippen molar-refractivity contribution in [3.63, 3.8) is 0 Å². The summed E-state index contributed by atoms with van der Waals surface area (Å²) in [5.74, 6) is 0.0992. The molecule has 2 N–H and O–H groups in total. The number of fused-ring (bicyclic) bond motifs is 1. The van der Waals surface area contributed by atoms with Crippen molar-refractivity contribution in [1.29, 1.82) is 0 Å². The lowest BCUT2D eigenvalue weighted by Crippen LogP contribution is -2.48. The molecule has 0 saturated carbocycles. The molecular weight excluding hydrogens is 308 g/mol. The lowest BCUT2D eigenvalue weighted by molar-refractivity contribution is -0.135. The molecule has 1 aliphatic heterocycles. The molecule has 0 bridgehead atoms. The second-order valence-corrected chi connectivity index (χ2v) is 6.25. The molecule has 1 aliphatic rings. The van der Waals surface area contributed by atoms with Crippen LogP contribution in [0.1, 0.15) is 37.7 Å². The van der Waals surface area contributed by atoms with Gasteiger partial charge in [-0.05, 0) is 42.5 Å². The van der Waals surface area contributed by atoms with Gasteiger partial charge >= 0.3 is 0 Å². The van der Waals surface area contributed by atoms with Gasteiger partial charge in [0.2, 0.25) is 5.91 Å². The molecule has 2 aromatic rings. The Hall–Kier alpha value is -1.58. The van der Waals surface area contributed by atoms with E-state index in [2.05, 4.69) is 30.3 Å². The van der Waals surface area contributed by atoms with Gasteiger partial charge in [-0.1, -0.05) is 42.5 Å². The smallest absolute Gasteiger partial charge is 0.230 e. The quantitative estimate of drug-likeness (QED) is 0.931. The summed E-state index contributed by atoms with van der Waals surface area (Å²) >= 11 is 0. The molecular formula is C19H25ClN2O. The van der Waals surface area contributed by atoms with Gasteiger partial charge < -0.3 is 10.6 Å². The molecule has 1 amide bonds. The van der Waals surface area contributed by atoms with Gasteiger partial charge in [0.15, 0.2) is 0 Å². The van der Waals surface area contributed by atoms with E-state index < -0.39 is 0 Å². The van der Waals surface area contributed by atoms with Gasteiger partial charge in [0, 0.05) is 19.1 Å². The number of hydrogen-bond donors (Lipinski definition) is 1. The van der Waals surface area contributed by atoms with Crippen LogP contribution in [-0.2, 0) is 4.79 Å². The number of carbonyl (C=O) groups is 1. The van der Waals surface area contributed by atoms with Crippen LogP contribution in [0.15, 0.2) is 42.5 Å². The summed E-state index contributed by atoms with van der Waals surface area (Å²) in [7, 11) is 0. The highest BCUT2D eigenvalue weighted by Crippen LogP contribution is 2.26. The minimum absolute atomic E-state index is 0. The molecule has 2 atom stereocenters. The molecule has 0 aromatic heterocycles. The molecule has 0 aliphatic carbocycles. The lowest BCUT2D eigenvalue weighted by Gasteiger charge is -2.36. The van der Waals surface area contributed by atoms with Crippen LogP contribution in [-0.4, -0.2) is 29.9 Å². The Morgan fingerprint density at radius 1 is 1.22 bits per heavy atom. The number of carbonyl (C=O) groups excluding carboxylic acids is 1. The van der Waals surface area contributed by atoms with Crippen molar-refractivity contribution in [1.82, 2.24) is 4.90 Å². The Morgan fingerprint density at radius 3 is 2.70 bits per heavy atom. The predicted octanol–water partition coefficient (Wildman–Crippen LogP) is 3.70. The lowest BCUT2D eigenvalue weighted by atomic mass is 9.94. The van der Waals surface area contributed by atoms with E-state index in [1.54, 1.807) is 0 Å². The Bertz CT molecular complexity index is 673. The van der Waals surface area contributed by atoms with Crippen LogP contribution >= 0.6 is 12.4 Å². The van der Waals surface area contributed by atoms with Crippen molar-refractivity contribution >= 4 is 29.1 Å². The number of hydrogen-bond acceptors (Lipinski definition) is 2. The molecule has 23 heavy (non-hydrogen) atoms. The molecule has 1 fully saturated rings. The van der Waals surface area contributed by atoms with E-state index in [0.29, 0.717) is 6.54 Å². The van der Waals surface area contributed by atoms with E-state index >= 15 is 0 Å². The van der Waals surface area contributed by atoms with E-state index in [0.717, 1.165) is 24.9 Å². The fourth-order valence-corrected chi connectivity index (χ4v) is 3.40. The van der Waals surface area contributed by atoms with E-state index in [1.807, 2.05) is 24.0 Å². The number of amides is 1. The molecule has 3 nitrogen and oxygen atoms in total. The maximum atomic E-state index is 12.9. The van der Waals surface area contributed by atoms with Gasteiger partial charge in [-0.2, -0.15) is 0 Å². The number of benzene rings is 2. The van der Waals surface area contributed by atoms with Crippen LogP contribution in [0.4, 0.5) is 0 Å². The maximum absolute atomic E-state index is 12.9. The van der Waals surface area contributed by atoms with Gasteiger partial charge in [0.25, 0.3) is 0 Å². The molecule has 1 heterocycles. The van der Waals surface area contributed by atoms with Crippen molar-refractivity contribution in [3.05, 3.63) is 48.0 Å². The maximum Gasteiger partial charge on any atom is 0.230 e. The number of piperidine rings is 1. The fraction of sp³-hybridized carbons (Fsp3) is 0.421. The zero-order valence-electron chi connectivity index (χ0n) is 13.6. The molecule has 2 unspecified atom stereocenters. The summed E-state index contributed by atoms with van der Waals surface area (Å²) in [5, 5.41) is 2.40. The van der Waals surface area contributed by atoms with Gasteiger partial charge in [0.05, 0.1) is 5.92 Å². The number of nitrogens with two attached hydrogens (primary N) is 1. The number of likely N-dealkylation sites (tertiary alicyclic amines) is 1. The first-order valence-electron chi connectivity index (χ1n) is 8.20. The van der Waals surface area contributed by atoms with Gasteiger partial charge in [-0.3, -0.25) is 4.79 Å². The molecule has 3 rings (SSSR count). The summed E-state index contributed by atoms with van der Waals surface area (Å²) in [5.41, 5.74) is 6.94. The van der Waals surface area contributed by atoms with E-state index in [-0.39, 0.29) is 30.3 Å². The van der Waals surface area contributed by atoms with Crippen molar-refractivity contribution in [2.45, 2.75) is 38.1 Å². The molecule has 4 heteroatoms. The standard InChI is InChI=1S/C19H24N2O.ClH/c1-14(19(22)21-11-5-4-8-18(21)13-20)16-10-9-15-6-2-3-7-17(15)12-16;/h2-3,6-7,9-10,12,14,18H,4-5,8,11,13,20H2,1H3;1H. The van der Waals surface area contributed by atoms with Gasteiger partial charge in [-0.15, -0.1) is 12.4 Å². The van der Waals surface area contributed by atoms with Crippen molar-refractivity contribution < 1.29 is 4.79 Å². The highest BCUT2D eigenvalue weighted by molar-refractivity contribution is 5.88. The number of rotatable bonds is 3. The van der Waals surface area contributed by atoms with Crippen molar-refractivity contribution in [2.75, 3.05) is 13.1 Å². The van der Waals surface area contributed by atoms with E-state index in [4.69, 9.17) is 5.73 Å². The number of nitrogens with zero attached hydrogens (tertiary/aromatic N) is 1. The summed E-state index contributed by atoms with van der Waals surface area (Å²) < 4.78 is 0. The van der Waals surface area contributed by atoms with E-state index in [9.17, 15) is 4.79 Å². The summed E-state index contributed by atoms with van der Waals surface area (Å²) in [6, 6.07) is 14.8. The first-order chi connectivity index (χ1) is 10.7. The third kappa shape index (κ3) is 3.67. The van der Waals surface area contributed by atoms with Crippen LogP contribution in [0, 0.1) is 0 Å². The number of halogens is 1. The SMILES string of the molecule is CC(C(=O)N1CCCCC1CN)c1ccc2ccccc2c1.Cl. The summed E-state index contributed by atoms with van der Waals surface area (Å²) in [6.07, 6.45) is 3.30. The Morgan fingerprint density at radius 2 is 1.96 bits per heavy atom. The first kappa shape index (κ1) is 17.8. The van der Waals surface area contributed by atoms with Crippen molar-refractivity contribution in [3.8, 4) is 0 Å². The van der Waals surface area contributed by atoms with Crippen molar-refractivity contribution in [2.24, 2.45) is 5.73 Å². The third-order valence-electron chi connectivity index (χ3n) is 4.83. The van der Waals surface area contributed by atoms with Crippen LogP contribution in [0.25, 0.3) is 10.8 Å². The Labute approximate surface area is 144 Å². The van der Waals surface area contributed by atoms with Gasteiger partial charge in [0.1, 0.15) is 0 Å². The minimum Gasteiger partial charge on any atom is -0.338 e. The fourth-order valence-electron chi connectivity index (χ4n) is 3.40. The molecule has 0 radical (unpaired) electrons. The van der Waals surface area contributed by atoms with Crippen LogP contribution in [0.2, 0.25) is 0 Å². The van der Waals surface area contributed by atoms with Gasteiger partial charge in [-0.25, -0.2) is 0 Å². The minimum atomic E-state index is -0.114.